The summed E-state index contributed by atoms with van der Waals surface area (Å²) in [5, 5.41) is 3.27. The average molecular weight is 232 g/mol. The van der Waals surface area contributed by atoms with Gasteiger partial charge in [0.05, 0.1) is 0 Å². The van der Waals surface area contributed by atoms with Crippen LogP contribution in [0.1, 0.15) is 12.8 Å². The van der Waals surface area contributed by atoms with Gasteiger partial charge in [-0.2, -0.15) is 0 Å². The molecular weight excluding hydrogens is 217 g/mol. The van der Waals surface area contributed by atoms with Crippen molar-refractivity contribution in [1.29, 1.82) is 0 Å². The van der Waals surface area contributed by atoms with Crippen molar-refractivity contribution in [3.63, 3.8) is 0 Å². The van der Waals surface area contributed by atoms with Crippen LogP contribution in [0.2, 0.25) is 0 Å². The third kappa shape index (κ3) is 3.68. The van der Waals surface area contributed by atoms with Crippen LogP contribution < -0.4 is 10.1 Å². The SMILES string of the molecule is Cl.Fc1ccc(OC2CCNCC2)cc1. The van der Waals surface area contributed by atoms with Crippen molar-refractivity contribution < 1.29 is 9.13 Å². The highest BCUT2D eigenvalue weighted by atomic mass is 35.5. The van der Waals surface area contributed by atoms with Crippen LogP contribution in [0.3, 0.4) is 0 Å². The molecule has 1 fully saturated rings. The quantitative estimate of drug-likeness (QED) is 0.844. The minimum absolute atomic E-state index is 0. The number of benzene rings is 1. The summed E-state index contributed by atoms with van der Waals surface area (Å²) < 4.78 is 18.3. The van der Waals surface area contributed by atoms with Gasteiger partial charge in [-0.15, -0.1) is 12.4 Å². The molecule has 4 heteroatoms. The number of ether oxygens (including phenoxy) is 1. The van der Waals surface area contributed by atoms with E-state index in [0.29, 0.717) is 0 Å². The van der Waals surface area contributed by atoms with Crippen molar-refractivity contribution in [2.24, 2.45) is 0 Å². The normalized spacial score (nSPS) is 16.9. The van der Waals surface area contributed by atoms with E-state index in [9.17, 15) is 4.39 Å². The molecule has 15 heavy (non-hydrogen) atoms. The Morgan fingerprint density at radius 2 is 1.73 bits per heavy atom. The fourth-order valence-electron chi connectivity index (χ4n) is 1.62. The predicted octanol–water partition coefficient (Wildman–Crippen LogP) is 2.38. The van der Waals surface area contributed by atoms with Gasteiger partial charge in [-0.3, -0.25) is 0 Å². The van der Waals surface area contributed by atoms with Crippen LogP contribution >= 0.6 is 12.4 Å². The minimum atomic E-state index is -0.220. The third-order valence-corrected chi connectivity index (χ3v) is 2.40. The smallest absolute Gasteiger partial charge is 0.123 e. The van der Waals surface area contributed by atoms with Gasteiger partial charge in [-0.1, -0.05) is 0 Å². The van der Waals surface area contributed by atoms with E-state index < -0.39 is 0 Å². The first-order valence-corrected chi connectivity index (χ1v) is 4.97. The zero-order valence-electron chi connectivity index (χ0n) is 8.41. The van der Waals surface area contributed by atoms with Gasteiger partial charge in [0.25, 0.3) is 0 Å². The third-order valence-electron chi connectivity index (χ3n) is 2.40. The molecule has 2 rings (SSSR count). The van der Waals surface area contributed by atoms with Crippen molar-refractivity contribution in [3.8, 4) is 5.75 Å². The Morgan fingerprint density at radius 1 is 1.13 bits per heavy atom. The zero-order valence-corrected chi connectivity index (χ0v) is 9.23. The molecule has 1 aromatic carbocycles. The van der Waals surface area contributed by atoms with Crippen molar-refractivity contribution in [1.82, 2.24) is 5.32 Å². The van der Waals surface area contributed by atoms with Gasteiger partial charge in [0, 0.05) is 0 Å². The van der Waals surface area contributed by atoms with E-state index in [4.69, 9.17) is 4.74 Å². The molecule has 1 aliphatic rings. The van der Waals surface area contributed by atoms with Crippen LogP contribution in [0.5, 0.6) is 5.75 Å². The summed E-state index contributed by atoms with van der Waals surface area (Å²) in [5.74, 6) is 0.543. The van der Waals surface area contributed by atoms with Gasteiger partial charge in [0.1, 0.15) is 17.7 Å². The zero-order chi connectivity index (χ0) is 9.80. The Hall–Kier alpha value is -0.800. The van der Waals surface area contributed by atoms with E-state index >= 15 is 0 Å². The Balaban J connectivity index is 0.00000112. The van der Waals surface area contributed by atoms with Crippen molar-refractivity contribution in [3.05, 3.63) is 30.1 Å². The fourth-order valence-corrected chi connectivity index (χ4v) is 1.62. The van der Waals surface area contributed by atoms with Crippen molar-refractivity contribution >= 4 is 12.4 Å². The minimum Gasteiger partial charge on any atom is -0.490 e. The van der Waals surface area contributed by atoms with Crippen LogP contribution in [0.15, 0.2) is 24.3 Å². The second kappa shape index (κ2) is 5.93. The van der Waals surface area contributed by atoms with E-state index in [1.807, 2.05) is 0 Å². The summed E-state index contributed by atoms with van der Waals surface area (Å²) in [7, 11) is 0. The van der Waals surface area contributed by atoms with Crippen LogP contribution in [0, 0.1) is 5.82 Å². The van der Waals surface area contributed by atoms with Gasteiger partial charge >= 0.3 is 0 Å². The first kappa shape index (κ1) is 12.3. The summed E-state index contributed by atoms with van der Waals surface area (Å²) in [6.45, 7) is 2.01. The predicted molar refractivity (Wildman–Crippen MR) is 60.2 cm³/mol. The summed E-state index contributed by atoms with van der Waals surface area (Å²) in [4.78, 5) is 0. The van der Waals surface area contributed by atoms with E-state index in [2.05, 4.69) is 5.32 Å². The highest BCUT2D eigenvalue weighted by Gasteiger charge is 2.13. The van der Waals surface area contributed by atoms with Crippen molar-refractivity contribution in [2.45, 2.75) is 18.9 Å². The fraction of sp³-hybridized carbons (Fsp3) is 0.455. The van der Waals surface area contributed by atoms with Gasteiger partial charge < -0.3 is 10.1 Å². The van der Waals surface area contributed by atoms with Crippen LogP contribution in [-0.2, 0) is 0 Å². The second-order valence-corrected chi connectivity index (χ2v) is 3.52. The maximum absolute atomic E-state index is 12.6. The molecule has 2 nitrogen and oxygen atoms in total. The standard InChI is InChI=1S/C11H14FNO.ClH/c12-9-1-3-10(4-2-9)14-11-5-7-13-8-6-11;/h1-4,11,13H,5-8H2;1H. The Labute approximate surface area is 95.2 Å². The molecule has 1 aromatic rings. The number of hydrogen-bond acceptors (Lipinski definition) is 2. The van der Waals surface area contributed by atoms with Crippen LogP contribution in [-0.4, -0.2) is 19.2 Å². The van der Waals surface area contributed by atoms with E-state index in [0.717, 1.165) is 31.7 Å². The van der Waals surface area contributed by atoms with Gasteiger partial charge in [0.15, 0.2) is 0 Å². The number of nitrogens with one attached hydrogen (secondary N) is 1. The number of hydrogen-bond donors (Lipinski definition) is 1. The molecule has 1 N–H and O–H groups in total. The Bertz CT molecular complexity index is 285. The molecule has 0 aromatic heterocycles. The van der Waals surface area contributed by atoms with Crippen molar-refractivity contribution in [2.75, 3.05) is 13.1 Å². The lowest BCUT2D eigenvalue weighted by molar-refractivity contribution is 0.162. The molecule has 1 heterocycles. The first-order chi connectivity index (χ1) is 6.84. The molecule has 0 bridgehead atoms. The Morgan fingerprint density at radius 3 is 2.33 bits per heavy atom. The lowest BCUT2D eigenvalue weighted by Gasteiger charge is -2.23. The summed E-state index contributed by atoms with van der Waals surface area (Å²) in [5.41, 5.74) is 0. The monoisotopic (exact) mass is 231 g/mol. The summed E-state index contributed by atoms with van der Waals surface area (Å²) >= 11 is 0. The molecule has 0 saturated carbocycles. The topological polar surface area (TPSA) is 21.3 Å². The summed E-state index contributed by atoms with van der Waals surface area (Å²) in [6.07, 6.45) is 2.33. The molecule has 0 amide bonds. The first-order valence-electron chi connectivity index (χ1n) is 4.97. The van der Waals surface area contributed by atoms with Crippen LogP contribution in [0.25, 0.3) is 0 Å². The highest BCUT2D eigenvalue weighted by Crippen LogP contribution is 2.16. The van der Waals surface area contributed by atoms with Gasteiger partial charge in [-0.05, 0) is 50.2 Å². The number of rotatable bonds is 2. The van der Waals surface area contributed by atoms with Gasteiger partial charge in [-0.25, -0.2) is 4.39 Å². The average Bonchev–Trinajstić information content (AvgIpc) is 2.23. The summed E-state index contributed by atoms with van der Waals surface area (Å²) in [6, 6.07) is 6.21. The maximum Gasteiger partial charge on any atom is 0.123 e. The largest absolute Gasteiger partial charge is 0.490 e. The van der Waals surface area contributed by atoms with E-state index in [1.165, 1.54) is 12.1 Å². The Kier molecular flexibility index (Phi) is 4.85. The molecule has 0 unspecified atom stereocenters. The molecule has 84 valence electrons. The molecular formula is C11H15ClFNO. The number of halogens is 2. The van der Waals surface area contributed by atoms with E-state index in [1.54, 1.807) is 12.1 Å². The lowest BCUT2D eigenvalue weighted by atomic mass is 10.1. The molecule has 0 spiro atoms. The molecule has 1 aliphatic heterocycles. The second-order valence-electron chi connectivity index (χ2n) is 3.52. The molecule has 0 radical (unpaired) electrons. The molecule has 1 saturated heterocycles. The lowest BCUT2D eigenvalue weighted by Crippen LogP contribution is -2.34. The van der Waals surface area contributed by atoms with Gasteiger partial charge in [0.2, 0.25) is 0 Å². The van der Waals surface area contributed by atoms with E-state index in [-0.39, 0.29) is 24.3 Å². The highest BCUT2D eigenvalue weighted by molar-refractivity contribution is 5.85. The molecule has 0 aliphatic carbocycles. The maximum atomic E-state index is 12.6. The van der Waals surface area contributed by atoms with Crippen LogP contribution in [0.4, 0.5) is 4.39 Å². The molecule has 0 atom stereocenters. The number of piperidine rings is 1.